The lowest BCUT2D eigenvalue weighted by atomic mass is 10.0. The van der Waals surface area contributed by atoms with E-state index in [1.807, 2.05) is 12.1 Å². The number of fused-ring (bicyclic) bond motifs is 1. The summed E-state index contributed by atoms with van der Waals surface area (Å²) >= 11 is 0. The van der Waals surface area contributed by atoms with Crippen LogP contribution in [0.15, 0.2) is 54.6 Å². The van der Waals surface area contributed by atoms with E-state index in [2.05, 4.69) is 59.2 Å². The number of pyridine rings is 1. The fraction of sp³-hybridized carbons (Fsp3) is 0.400. The van der Waals surface area contributed by atoms with Crippen LogP contribution < -0.4 is 9.64 Å². The van der Waals surface area contributed by atoms with Crippen LogP contribution in [0.4, 0.5) is 5.82 Å². The lowest BCUT2D eigenvalue weighted by Crippen LogP contribution is -2.46. The van der Waals surface area contributed by atoms with Crippen molar-refractivity contribution in [3.8, 4) is 5.75 Å². The first kappa shape index (κ1) is 20.6. The van der Waals surface area contributed by atoms with E-state index in [-0.39, 0.29) is 6.61 Å². The zero-order valence-corrected chi connectivity index (χ0v) is 17.8. The number of rotatable bonds is 8. The molecule has 5 heteroatoms. The highest BCUT2D eigenvalue weighted by atomic mass is 16.5. The fourth-order valence-corrected chi connectivity index (χ4v) is 4.07. The molecule has 30 heavy (non-hydrogen) atoms. The first-order chi connectivity index (χ1) is 14.8. The summed E-state index contributed by atoms with van der Waals surface area (Å²) in [4.78, 5) is 10.0. The smallest absolute Gasteiger partial charge is 0.136 e. The Morgan fingerprint density at radius 2 is 1.73 bits per heavy atom. The second kappa shape index (κ2) is 9.92. The number of aryl methyl sites for hydroxylation is 2. The molecule has 2 aromatic carbocycles. The van der Waals surface area contributed by atoms with E-state index >= 15 is 0 Å². The Balaban J connectivity index is 1.50. The number of hydrogen-bond donors (Lipinski definition) is 1. The van der Waals surface area contributed by atoms with Gasteiger partial charge in [-0.1, -0.05) is 43.3 Å². The molecule has 0 aliphatic carbocycles. The predicted octanol–water partition coefficient (Wildman–Crippen LogP) is 3.53. The third-order valence-corrected chi connectivity index (χ3v) is 5.85. The average molecular weight is 406 g/mol. The van der Waals surface area contributed by atoms with Gasteiger partial charge in [0.05, 0.1) is 6.61 Å². The van der Waals surface area contributed by atoms with Crippen LogP contribution in [0.3, 0.4) is 0 Å². The quantitative estimate of drug-likeness (QED) is 0.621. The minimum atomic E-state index is 0.0329. The molecule has 0 atom stereocenters. The number of aliphatic hydroxyl groups excluding tert-OH is 1. The van der Waals surface area contributed by atoms with Gasteiger partial charge in [-0.25, -0.2) is 4.98 Å². The summed E-state index contributed by atoms with van der Waals surface area (Å²) in [6.07, 6.45) is 1.85. The van der Waals surface area contributed by atoms with Crippen LogP contribution in [-0.2, 0) is 12.8 Å². The Bertz CT molecular complexity index is 950. The number of piperazine rings is 1. The summed E-state index contributed by atoms with van der Waals surface area (Å²) in [5, 5.41) is 11.4. The molecular formula is C25H31N3O2. The van der Waals surface area contributed by atoms with E-state index in [1.54, 1.807) is 0 Å². The van der Waals surface area contributed by atoms with Crippen molar-refractivity contribution in [2.75, 3.05) is 50.8 Å². The fourth-order valence-electron chi connectivity index (χ4n) is 4.07. The zero-order chi connectivity index (χ0) is 20.8. The maximum absolute atomic E-state index is 8.87. The number of nitrogens with zero attached hydrogens (tertiary/aromatic N) is 3. The Morgan fingerprint density at radius 1 is 0.967 bits per heavy atom. The summed E-state index contributed by atoms with van der Waals surface area (Å²) < 4.78 is 5.45. The molecule has 1 aliphatic heterocycles. The van der Waals surface area contributed by atoms with E-state index in [1.165, 1.54) is 16.3 Å². The van der Waals surface area contributed by atoms with Crippen molar-refractivity contribution >= 4 is 16.6 Å². The summed E-state index contributed by atoms with van der Waals surface area (Å²) in [7, 11) is 0. The lowest BCUT2D eigenvalue weighted by Gasteiger charge is -2.35. The Morgan fingerprint density at radius 3 is 2.47 bits per heavy atom. The molecular weight excluding hydrogens is 374 g/mol. The van der Waals surface area contributed by atoms with Gasteiger partial charge in [0.25, 0.3) is 0 Å². The van der Waals surface area contributed by atoms with Crippen LogP contribution in [0.2, 0.25) is 0 Å². The van der Waals surface area contributed by atoms with Gasteiger partial charge in [0.1, 0.15) is 18.2 Å². The third kappa shape index (κ3) is 4.91. The summed E-state index contributed by atoms with van der Waals surface area (Å²) in [5.41, 5.74) is 2.40. The minimum Gasteiger partial charge on any atom is -0.491 e. The van der Waals surface area contributed by atoms with Crippen molar-refractivity contribution in [2.24, 2.45) is 0 Å². The van der Waals surface area contributed by atoms with E-state index < -0.39 is 0 Å². The molecule has 5 nitrogen and oxygen atoms in total. The van der Waals surface area contributed by atoms with Crippen LogP contribution in [0.25, 0.3) is 10.8 Å². The highest BCUT2D eigenvalue weighted by Gasteiger charge is 2.19. The average Bonchev–Trinajstić information content (AvgIpc) is 2.81. The Kier molecular flexibility index (Phi) is 6.82. The maximum atomic E-state index is 8.87. The van der Waals surface area contributed by atoms with Crippen LogP contribution in [-0.4, -0.2) is 60.9 Å². The van der Waals surface area contributed by atoms with Crippen LogP contribution in [0.1, 0.15) is 18.2 Å². The predicted molar refractivity (Wildman–Crippen MR) is 123 cm³/mol. The highest BCUT2D eigenvalue weighted by molar-refractivity contribution is 5.92. The second-order valence-electron chi connectivity index (χ2n) is 7.80. The number of likely N-dealkylation sites (N-methyl/N-ethyl adjacent to an activating group) is 1. The number of aromatic nitrogens is 1. The molecule has 0 spiro atoms. The van der Waals surface area contributed by atoms with Gasteiger partial charge in [0.15, 0.2) is 0 Å². The SMILES string of the molecule is CCN1CCN(c2nc(CCc3ccc(OCCO)cc3)cc3ccccc23)CC1. The normalized spacial score (nSPS) is 14.9. The minimum absolute atomic E-state index is 0.0329. The molecule has 0 bridgehead atoms. The molecule has 1 aromatic heterocycles. The van der Waals surface area contributed by atoms with Gasteiger partial charge in [-0.3, -0.25) is 0 Å². The second-order valence-corrected chi connectivity index (χ2v) is 7.80. The topological polar surface area (TPSA) is 48.8 Å². The van der Waals surface area contributed by atoms with Crippen LogP contribution in [0.5, 0.6) is 5.75 Å². The number of aliphatic hydroxyl groups is 1. The first-order valence-electron chi connectivity index (χ1n) is 11.0. The first-order valence-corrected chi connectivity index (χ1v) is 11.0. The van der Waals surface area contributed by atoms with Gasteiger partial charge >= 0.3 is 0 Å². The van der Waals surface area contributed by atoms with Crippen molar-refractivity contribution in [1.82, 2.24) is 9.88 Å². The van der Waals surface area contributed by atoms with E-state index in [0.29, 0.717) is 6.61 Å². The highest BCUT2D eigenvalue weighted by Crippen LogP contribution is 2.27. The molecule has 0 unspecified atom stereocenters. The van der Waals surface area contributed by atoms with E-state index in [4.69, 9.17) is 14.8 Å². The van der Waals surface area contributed by atoms with Gasteiger partial charge in [-0.05, 0) is 48.5 Å². The van der Waals surface area contributed by atoms with Crippen LogP contribution in [0, 0.1) is 0 Å². The number of ether oxygens (including phenoxy) is 1. The molecule has 0 amide bonds. The summed E-state index contributed by atoms with van der Waals surface area (Å²) in [6.45, 7) is 7.97. The van der Waals surface area contributed by atoms with Crippen molar-refractivity contribution in [3.05, 3.63) is 65.9 Å². The zero-order valence-electron chi connectivity index (χ0n) is 17.8. The van der Waals surface area contributed by atoms with Gasteiger partial charge in [0, 0.05) is 37.3 Å². The van der Waals surface area contributed by atoms with Crippen molar-refractivity contribution in [2.45, 2.75) is 19.8 Å². The number of hydrogen-bond acceptors (Lipinski definition) is 5. The van der Waals surface area contributed by atoms with Crippen LogP contribution >= 0.6 is 0 Å². The molecule has 1 saturated heterocycles. The molecule has 158 valence electrons. The van der Waals surface area contributed by atoms with E-state index in [0.717, 1.165) is 62.8 Å². The lowest BCUT2D eigenvalue weighted by molar-refractivity contribution is 0.201. The van der Waals surface area contributed by atoms with E-state index in [9.17, 15) is 0 Å². The van der Waals surface area contributed by atoms with Crippen molar-refractivity contribution in [3.63, 3.8) is 0 Å². The Hall–Kier alpha value is -2.63. The molecule has 1 fully saturated rings. The third-order valence-electron chi connectivity index (χ3n) is 5.85. The monoisotopic (exact) mass is 405 g/mol. The van der Waals surface area contributed by atoms with Gasteiger partial charge < -0.3 is 19.6 Å². The molecule has 0 saturated carbocycles. The largest absolute Gasteiger partial charge is 0.491 e. The molecule has 1 N–H and O–H groups in total. The summed E-state index contributed by atoms with van der Waals surface area (Å²) in [5.74, 6) is 1.93. The number of anilines is 1. The van der Waals surface area contributed by atoms with Crippen molar-refractivity contribution < 1.29 is 9.84 Å². The molecule has 4 rings (SSSR count). The summed E-state index contributed by atoms with van der Waals surface area (Å²) in [6, 6.07) is 19.0. The molecule has 0 radical (unpaired) electrons. The number of benzene rings is 2. The molecule has 2 heterocycles. The molecule has 1 aliphatic rings. The van der Waals surface area contributed by atoms with Gasteiger partial charge in [0.2, 0.25) is 0 Å². The standard InChI is InChI=1S/C25H31N3O2/c1-2-27-13-15-28(16-14-27)25-24-6-4-3-5-21(24)19-22(26-25)10-7-20-8-11-23(12-9-20)30-18-17-29/h3-6,8-9,11-12,19,29H,2,7,10,13-18H2,1H3. The van der Waals surface area contributed by atoms with Gasteiger partial charge in [-0.2, -0.15) is 0 Å². The maximum Gasteiger partial charge on any atom is 0.136 e. The Labute approximate surface area is 178 Å². The molecule has 3 aromatic rings. The van der Waals surface area contributed by atoms with Crippen molar-refractivity contribution in [1.29, 1.82) is 0 Å². The van der Waals surface area contributed by atoms with Gasteiger partial charge in [-0.15, -0.1) is 0 Å².